The van der Waals surface area contributed by atoms with Crippen LogP contribution in [0.3, 0.4) is 0 Å². The molecular formula is C16H21N3O. The maximum atomic E-state index is 12.4. The molecule has 2 aromatic rings. The molecule has 106 valence electrons. The summed E-state index contributed by atoms with van der Waals surface area (Å²) in [7, 11) is 1.82. The molecule has 0 aliphatic carbocycles. The molecule has 0 fully saturated rings. The molecule has 0 spiro atoms. The van der Waals surface area contributed by atoms with Gasteiger partial charge in [0, 0.05) is 25.5 Å². The average molecular weight is 271 g/mol. The van der Waals surface area contributed by atoms with Gasteiger partial charge < -0.3 is 10.2 Å². The number of benzene rings is 1. The normalized spacial score (nSPS) is 10.6. The summed E-state index contributed by atoms with van der Waals surface area (Å²) >= 11 is 0. The SMILES string of the molecule is CCCN(C)C(=O)c1cc2ccccc2c(NCC)n1. The van der Waals surface area contributed by atoms with Crippen molar-refractivity contribution in [2.75, 3.05) is 25.5 Å². The Morgan fingerprint density at radius 2 is 2.05 bits per heavy atom. The fourth-order valence-electron chi connectivity index (χ4n) is 2.24. The zero-order chi connectivity index (χ0) is 14.5. The van der Waals surface area contributed by atoms with Crippen molar-refractivity contribution in [3.63, 3.8) is 0 Å². The van der Waals surface area contributed by atoms with Gasteiger partial charge in [0.05, 0.1) is 0 Å². The van der Waals surface area contributed by atoms with Crippen LogP contribution in [0.25, 0.3) is 10.8 Å². The molecule has 0 radical (unpaired) electrons. The highest BCUT2D eigenvalue weighted by Crippen LogP contribution is 2.23. The van der Waals surface area contributed by atoms with Crippen molar-refractivity contribution in [2.45, 2.75) is 20.3 Å². The van der Waals surface area contributed by atoms with Crippen LogP contribution in [-0.4, -0.2) is 35.9 Å². The molecule has 0 aliphatic rings. The van der Waals surface area contributed by atoms with E-state index in [0.29, 0.717) is 5.69 Å². The van der Waals surface area contributed by atoms with Crippen molar-refractivity contribution < 1.29 is 4.79 Å². The zero-order valence-corrected chi connectivity index (χ0v) is 12.3. The number of nitrogens with one attached hydrogen (secondary N) is 1. The number of anilines is 1. The molecule has 0 bridgehead atoms. The predicted octanol–water partition coefficient (Wildman–Crippen LogP) is 3.15. The van der Waals surface area contributed by atoms with E-state index in [2.05, 4.69) is 17.2 Å². The first kappa shape index (κ1) is 14.3. The molecule has 1 N–H and O–H groups in total. The van der Waals surface area contributed by atoms with Crippen molar-refractivity contribution in [3.8, 4) is 0 Å². The summed E-state index contributed by atoms with van der Waals surface area (Å²) in [4.78, 5) is 18.6. The highest BCUT2D eigenvalue weighted by Gasteiger charge is 2.15. The summed E-state index contributed by atoms with van der Waals surface area (Å²) < 4.78 is 0. The first-order chi connectivity index (χ1) is 9.67. The van der Waals surface area contributed by atoms with Crippen LogP contribution in [0.2, 0.25) is 0 Å². The molecule has 0 saturated carbocycles. The van der Waals surface area contributed by atoms with Crippen molar-refractivity contribution in [2.24, 2.45) is 0 Å². The molecular weight excluding hydrogens is 250 g/mol. The van der Waals surface area contributed by atoms with E-state index >= 15 is 0 Å². The molecule has 0 saturated heterocycles. The van der Waals surface area contributed by atoms with Crippen molar-refractivity contribution in [1.29, 1.82) is 0 Å². The largest absolute Gasteiger partial charge is 0.370 e. The Morgan fingerprint density at radius 3 is 2.75 bits per heavy atom. The highest BCUT2D eigenvalue weighted by atomic mass is 16.2. The van der Waals surface area contributed by atoms with E-state index < -0.39 is 0 Å². The number of aromatic nitrogens is 1. The molecule has 1 aromatic heterocycles. The second-order valence-electron chi connectivity index (χ2n) is 4.83. The van der Waals surface area contributed by atoms with Gasteiger partial charge in [-0.3, -0.25) is 4.79 Å². The summed E-state index contributed by atoms with van der Waals surface area (Å²) in [5.41, 5.74) is 0.496. The number of rotatable bonds is 5. The molecule has 0 aliphatic heterocycles. The van der Waals surface area contributed by atoms with Crippen LogP contribution >= 0.6 is 0 Å². The molecule has 0 atom stereocenters. The Morgan fingerprint density at radius 1 is 1.30 bits per heavy atom. The van der Waals surface area contributed by atoms with Gasteiger partial charge in [0.1, 0.15) is 11.5 Å². The molecule has 1 aromatic carbocycles. The van der Waals surface area contributed by atoms with Crippen LogP contribution in [0.1, 0.15) is 30.8 Å². The number of nitrogens with zero attached hydrogens (tertiary/aromatic N) is 2. The van der Waals surface area contributed by atoms with Crippen molar-refractivity contribution in [3.05, 3.63) is 36.0 Å². The summed E-state index contributed by atoms with van der Waals surface area (Å²) in [6.07, 6.45) is 0.940. The second-order valence-corrected chi connectivity index (χ2v) is 4.83. The van der Waals surface area contributed by atoms with E-state index in [1.807, 2.05) is 44.3 Å². The van der Waals surface area contributed by atoms with Gasteiger partial charge >= 0.3 is 0 Å². The number of pyridine rings is 1. The van der Waals surface area contributed by atoms with E-state index in [9.17, 15) is 4.79 Å². The van der Waals surface area contributed by atoms with E-state index in [1.165, 1.54) is 0 Å². The van der Waals surface area contributed by atoms with E-state index in [0.717, 1.165) is 36.1 Å². The summed E-state index contributed by atoms with van der Waals surface area (Å²) in [5.74, 6) is 0.746. The van der Waals surface area contributed by atoms with E-state index in [4.69, 9.17) is 0 Å². The lowest BCUT2D eigenvalue weighted by Crippen LogP contribution is -2.28. The first-order valence-electron chi connectivity index (χ1n) is 7.06. The van der Waals surface area contributed by atoms with E-state index in [1.54, 1.807) is 4.90 Å². The number of carbonyl (C=O) groups excluding carboxylic acids is 1. The van der Waals surface area contributed by atoms with Gasteiger partial charge in [0.25, 0.3) is 5.91 Å². The van der Waals surface area contributed by atoms with Crippen LogP contribution in [0, 0.1) is 0 Å². The predicted molar refractivity (Wildman–Crippen MR) is 83.2 cm³/mol. The van der Waals surface area contributed by atoms with Gasteiger partial charge in [-0.05, 0) is 24.8 Å². The van der Waals surface area contributed by atoms with Crippen LogP contribution in [-0.2, 0) is 0 Å². The quantitative estimate of drug-likeness (QED) is 0.908. The lowest BCUT2D eigenvalue weighted by molar-refractivity contribution is 0.0789. The Labute approximate surface area is 119 Å². The fraction of sp³-hybridized carbons (Fsp3) is 0.375. The Bertz CT molecular complexity index is 610. The maximum absolute atomic E-state index is 12.4. The van der Waals surface area contributed by atoms with Gasteiger partial charge in [-0.1, -0.05) is 31.2 Å². The molecule has 1 amide bonds. The second kappa shape index (κ2) is 6.37. The Balaban J connectivity index is 2.46. The third-order valence-electron chi connectivity index (χ3n) is 3.21. The zero-order valence-electron chi connectivity index (χ0n) is 12.3. The van der Waals surface area contributed by atoms with Crippen molar-refractivity contribution >= 4 is 22.5 Å². The lowest BCUT2D eigenvalue weighted by Gasteiger charge is -2.17. The molecule has 4 heteroatoms. The molecule has 1 heterocycles. The number of fused-ring (bicyclic) bond motifs is 1. The summed E-state index contributed by atoms with van der Waals surface area (Å²) in [6, 6.07) is 9.85. The summed E-state index contributed by atoms with van der Waals surface area (Å²) in [5, 5.41) is 5.31. The number of carbonyl (C=O) groups is 1. The minimum atomic E-state index is -0.0308. The van der Waals surface area contributed by atoms with Gasteiger partial charge in [-0.2, -0.15) is 0 Å². The average Bonchev–Trinajstić information content (AvgIpc) is 2.47. The van der Waals surface area contributed by atoms with Crippen molar-refractivity contribution in [1.82, 2.24) is 9.88 Å². The molecule has 0 unspecified atom stereocenters. The van der Waals surface area contributed by atoms with Crippen LogP contribution in [0.15, 0.2) is 30.3 Å². The summed E-state index contributed by atoms with van der Waals surface area (Å²) in [6.45, 7) is 5.60. The Kier molecular flexibility index (Phi) is 4.56. The topological polar surface area (TPSA) is 45.2 Å². The van der Waals surface area contributed by atoms with Gasteiger partial charge in [-0.25, -0.2) is 4.98 Å². The Hall–Kier alpha value is -2.10. The number of hydrogen-bond acceptors (Lipinski definition) is 3. The number of amides is 1. The highest BCUT2D eigenvalue weighted by molar-refractivity contribution is 6.00. The third-order valence-corrected chi connectivity index (χ3v) is 3.21. The third kappa shape index (κ3) is 2.90. The minimum Gasteiger partial charge on any atom is -0.370 e. The molecule has 20 heavy (non-hydrogen) atoms. The monoisotopic (exact) mass is 271 g/mol. The van der Waals surface area contributed by atoms with Crippen LogP contribution < -0.4 is 5.32 Å². The molecule has 4 nitrogen and oxygen atoms in total. The lowest BCUT2D eigenvalue weighted by atomic mass is 10.1. The maximum Gasteiger partial charge on any atom is 0.272 e. The van der Waals surface area contributed by atoms with Gasteiger partial charge in [-0.15, -0.1) is 0 Å². The number of hydrogen-bond donors (Lipinski definition) is 1. The van der Waals surface area contributed by atoms with E-state index in [-0.39, 0.29) is 5.91 Å². The van der Waals surface area contributed by atoms with Crippen LogP contribution in [0.4, 0.5) is 5.82 Å². The van der Waals surface area contributed by atoms with Gasteiger partial charge in [0.2, 0.25) is 0 Å². The first-order valence-corrected chi connectivity index (χ1v) is 7.06. The van der Waals surface area contributed by atoms with Crippen LogP contribution in [0.5, 0.6) is 0 Å². The minimum absolute atomic E-state index is 0.0308. The van der Waals surface area contributed by atoms with Gasteiger partial charge in [0.15, 0.2) is 0 Å². The smallest absolute Gasteiger partial charge is 0.272 e. The molecule has 2 rings (SSSR count). The fourth-order valence-corrected chi connectivity index (χ4v) is 2.24. The standard InChI is InChI=1S/C16H21N3O/c1-4-10-19(3)16(20)14-11-12-8-6-7-9-13(12)15(18-14)17-5-2/h6-9,11H,4-5,10H2,1-3H3,(H,17,18).